The van der Waals surface area contributed by atoms with Gasteiger partial charge < -0.3 is 31.7 Å². The summed E-state index contributed by atoms with van der Waals surface area (Å²) in [6.07, 6.45) is 7.00. The van der Waals surface area contributed by atoms with Gasteiger partial charge in [-0.15, -0.1) is 0 Å². The van der Waals surface area contributed by atoms with E-state index >= 15 is 0 Å². The van der Waals surface area contributed by atoms with Gasteiger partial charge in [0.1, 0.15) is 12.1 Å². The Morgan fingerprint density at radius 3 is 2.12 bits per heavy atom. The molecular weight excluding hydrogens is 514 g/mol. The van der Waals surface area contributed by atoms with E-state index in [0.717, 1.165) is 32.1 Å². The fourth-order valence-corrected chi connectivity index (χ4v) is 6.22. The second-order valence-corrected chi connectivity index (χ2v) is 13.5. The molecule has 0 aromatic rings. The third-order valence-corrected chi connectivity index (χ3v) is 8.87. The number of primary amides is 1. The SMILES string of the molecule is CC(C)C1CCN(C(=O)[C@@H](NC(=O)NC2(CO)CCCCC2)C(C)(C)C)[C@@H]1C(=O)NC(CC1CC1)C(=O)C(N)=O. The van der Waals surface area contributed by atoms with E-state index in [1.807, 2.05) is 34.6 Å². The molecule has 2 saturated carbocycles. The molecule has 1 aliphatic heterocycles. The van der Waals surface area contributed by atoms with Crippen LogP contribution in [0.15, 0.2) is 0 Å². The monoisotopic (exact) mass is 563 g/mol. The first-order chi connectivity index (χ1) is 18.7. The van der Waals surface area contributed by atoms with Crippen molar-refractivity contribution < 1.29 is 29.1 Å². The predicted molar refractivity (Wildman–Crippen MR) is 150 cm³/mol. The molecule has 0 aromatic carbocycles. The summed E-state index contributed by atoms with van der Waals surface area (Å²) in [5.41, 5.74) is 3.88. The molecule has 3 rings (SSSR count). The maximum absolute atomic E-state index is 14.1. The van der Waals surface area contributed by atoms with Crippen LogP contribution < -0.4 is 21.7 Å². The van der Waals surface area contributed by atoms with E-state index in [4.69, 9.17) is 5.73 Å². The quantitative estimate of drug-likeness (QED) is 0.239. The van der Waals surface area contributed by atoms with Crippen molar-refractivity contribution in [3.63, 3.8) is 0 Å². The standard InChI is InChI=1S/C29H49N5O6/c1-17(2)19-11-14-34(21(19)25(38)31-20(15-18-9-10-18)22(36)24(30)37)26(39)23(28(3,4)5)32-27(40)33-29(16-35)12-7-6-8-13-29/h17-21,23,35H,6-16H2,1-5H3,(H2,30,37)(H,31,38)(H2,32,33,40)/t19?,20?,21-,23+/m0/s1. The third kappa shape index (κ3) is 7.73. The number of aliphatic hydroxyl groups is 1. The van der Waals surface area contributed by atoms with E-state index in [9.17, 15) is 29.1 Å². The van der Waals surface area contributed by atoms with Crippen molar-refractivity contribution in [2.24, 2.45) is 28.9 Å². The van der Waals surface area contributed by atoms with E-state index in [1.54, 1.807) is 0 Å². The van der Waals surface area contributed by atoms with Crippen molar-refractivity contribution in [1.82, 2.24) is 20.9 Å². The predicted octanol–water partition coefficient (Wildman–Crippen LogP) is 1.61. The van der Waals surface area contributed by atoms with Crippen molar-refractivity contribution in [2.75, 3.05) is 13.2 Å². The van der Waals surface area contributed by atoms with Gasteiger partial charge in [0, 0.05) is 6.54 Å². The number of nitrogens with zero attached hydrogens (tertiary/aromatic N) is 1. The number of hydrogen-bond donors (Lipinski definition) is 5. The second kappa shape index (κ2) is 12.9. The van der Waals surface area contributed by atoms with Gasteiger partial charge in [0.05, 0.1) is 18.2 Å². The molecule has 11 heteroatoms. The van der Waals surface area contributed by atoms with E-state index in [1.165, 1.54) is 4.90 Å². The summed E-state index contributed by atoms with van der Waals surface area (Å²) in [5.74, 6) is -2.62. The number of rotatable bonds is 11. The zero-order valence-corrected chi connectivity index (χ0v) is 24.8. The Bertz CT molecular complexity index is 966. The summed E-state index contributed by atoms with van der Waals surface area (Å²) >= 11 is 0. The first-order valence-corrected chi connectivity index (χ1v) is 14.8. The summed E-state index contributed by atoms with van der Waals surface area (Å²) in [7, 11) is 0. The number of amides is 5. The summed E-state index contributed by atoms with van der Waals surface area (Å²) in [4.78, 5) is 66.7. The lowest BCUT2D eigenvalue weighted by molar-refractivity contribution is -0.144. The normalized spacial score (nSPS) is 24.2. The van der Waals surface area contributed by atoms with Gasteiger partial charge in [-0.2, -0.15) is 0 Å². The molecule has 0 spiro atoms. The van der Waals surface area contributed by atoms with Crippen LogP contribution in [0, 0.1) is 23.2 Å². The zero-order valence-electron chi connectivity index (χ0n) is 24.8. The minimum Gasteiger partial charge on any atom is -0.394 e. The molecule has 0 radical (unpaired) electrons. The van der Waals surface area contributed by atoms with Crippen molar-refractivity contribution in [3.8, 4) is 0 Å². The lowest BCUT2D eigenvalue weighted by Gasteiger charge is -2.39. The van der Waals surface area contributed by atoms with Crippen LogP contribution in [-0.4, -0.2) is 76.4 Å². The number of likely N-dealkylation sites (tertiary alicyclic amines) is 1. The van der Waals surface area contributed by atoms with Gasteiger partial charge in [0.15, 0.2) is 0 Å². The van der Waals surface area contributed by atoms with Crippen LogP contribution in [0.3, 0.4) is 0 Å². The Morgan fingerprint density at radius 1 is 1.00 bits per heavy atom. The van der Waals surface area contributed by atoms with Gasteiger partial charge in [-0.1, -0.05) is 66.7 Å². The highest BCUT2D eigenvalue weighted by Gasteiger charge is 2.48. The fraction of sp³-hybridized carbons (Fsp3) is 0.828. The van der Waals surface area contributed by atoms with Gasteiger partial charge in [-0.05, 0) is 48.9 Å². The molecule has 2 unspecified atom stereocenters. The van der Waals surface area contributed by atoms with Crippen LogP contribution in [0.4, 0.5) is 4.79 Å². The van der Waals surface area contributed by atoms with Gasteiger partial charge in [0.25, 0.3) is 5.91 Å². The van der Waals surface area contributed by atoms with Gasteiger partial charge in [-0.3, -0.25) is 19.2 Å². The van der Waals surface area contributed by atoms with Crippen LogP contribution in [0.2, 0.25) is 0 Å². The largest absolute Gasteiger partial charge is 0.394 e. The first kappa shape index (κ1) is 31.8. The topological polar surface area (TPSA) is 171 Å². The molecule has 1 heterocycles. The molecule has 2 aliphatic carbocycles. The Morgan fingerprint density at radius 2 is 1.62 bits per heavy atom. The summed E-state index contributed by atoms with van der Waals surface area (Å²) in [6, 6.07) is -3.34. The molecule has 0 bridgehead atoms. The fourth-order valence-electron chi connectivity index (χ4n) is 6.22. The summed E-state index contributed by atoms with van der Waals surface area (Å²) < 4.78 is 0. The zero-order chi connectivity index (χ0) is 29.8. The minimum absolute atomic E-state index is 0.0716. The van der Waals surface area contributed by atoms with Gasteiger partial charge >= 0.3 is 6.03 Å². The summed E-state index contributed by atoms with van der Waals surface area (Å²) in [5, 5.41) is 18.6. The molecule has 0 aromatic heterocycles. The molecule has 4 atom stereocenters. The third-order valence-electron chi connectivity index (χ3n) is 8.87. The maximum atomic E-state index is 14.1. The molecule has 6 N–H and O–H groups in total. The van der Waals surface area contributed by atoms with E-state index < -0.39 is 52.7 Å². The Hall–Kier alpha value is -2.69. The van der Waals surface area contributed by atoms with Gasteiger partial charge in [0.2, 0.25) is 17.6 Å². The number of nitrogens with one attached hydrogen (secondary N) is 3. The molecule has 226 valence electrons. The van der Waals surface area contributed by atoms with Crippen LogP contribution >= 0.6 is 0 Å². The smallest absolute Gasteiger partial charge is 0.315 e. The summed E-state index contributed by atoms with van der Waals surface area (Å²) in [6.45, 7) is 9.67. The number of carbonyl (C=O) groups excluding carboxylic acids is 5. The van der Waals surface area contributed by atoms with Crippen molar-refractivity contribution in [2.45, 2.75) is 116 Å². The van der Waals surface area contributed by atoms with Gasteiger partial charge in [-0.25, -0.2) is 4.79 Å². The number of ketones is 1. The van der Waals surface area contributed by atoms with Crippen LogP contribution in [0.1, 0.15) is 92.4 Å². The number of aliphatic hydroxyl groups excluding tert-OH is 1. The molecule has 11 nitrogen and oxygen atoms in total. The van der Waals surface area contributed by atoms with Crippen molar-refractivity contribution in [3.05, 3.63) is 0 Å². The van der Waals surface area contributed by atoms with Crippen molar-refractivity contribution in [1.29, 1.82) is 0 Å². The molecule has 40 heavy (non-hydrogen) atoms. The molecular formula is C29H49N5O6. The highest BCUT2D eigenvalue weighted by Crippen LogP contribution is 2.36. The maximum Gasteiger partial charge on any atom is 0.315 e. The Kier molecular flexibility index (Phi) is 10.2. The van der Waals surface area contributed by atoms with Crippen LogP contribution in [0.25, 0.3) is 0 Å². The van der Waals surface area contributed by atoms with E-state index in [2.05, 4.69) is 16.0 Å². The number of hydrogen-bond acceptors (Lipinski definition) is 6. The molecule has 3 fully saturated rings. The molecule has 5 amide bonds. The van der Waals surface area contributed by atoms with Crippen molar-refractivity contribution >= 4 is 29.5 Å². The number of urea groups is 1. The van der Waals surface area contributed by atoms with Crippen LogP contribution in [-0.2, 0) is 19.2 Å². The lowest BCUT2D eigenvalue weighted by Crippen LogP contribution is -2.63. The number of nitrogens with two attached hydrogens (primary N) is 1. The minimum atomic E-state index is -1.09. The highest BCUT2D eigenvalue weighted by molar-refractivity contribution is 6.37. The van der Waals surface area contributed by atoms with E-state index in [0.29, 0.717) is 32.2 Å². The molecule has 3 aliphatic rings. The first-order valence-electron chi connectivity index (χ1n) is 14.8. The molecule has 1 saturated heterocycles. The Labute approximate surface area is 237 Å². The van der Waals surface area contributed by atoms with E-state index in [-0.39, 0.29) is 30.3 Å². The second-order valence-electron chi connectivity index (χ2n) is 13.5. The lowest BCUT2D eigenvalue weighted by atomic mass is 9.82. The number of carbonyl (C=O) groups is 5. The average Bonchev–Trinajstić information content (AvgIpc) is 3.58. The average molecular weight is 564 g/mol. The van der Waals surface area contributed by atoms with Crippen LogP contribution in [0.5, 0.6) is 0 Å². The Balaban J connectivity index is 1.81. The number of Topliss-reactive ketones (excluding diaryl/α,β-unsaturated/α-hetero) is 1. The highest BCUT2D eigenvalue weighted by atomic mass is 16.3.